The summed E-state index contributed by atoms with van der Waals surface area (Å²) in [5.41, 5.74) is 0.368. The lowest BCUT2D eigenvalue weighted by molar-refractivity contribution is -0.127. The molecule has 3 heteroatoms. The molecular formula is C17H26O3. The Kier molecular flexibility index (Phi) is 5.06. The van der Waals surface area contributed by atoms with E-state index in [1.54, 1.807) is 0 Å². The van der Waals surface area contributed by atoms with E-state index in [1.807, 2.05) is 31.2 Å². The third-order valence-corrected chi connectivity index (χ3v) is 4.13. The van der Waals surface area contributed by atoms with Gasteiger partial charge in [0.05, 0.1) is 11.7 Å². The molecule has 112 valence electrons. The van der Waals surface area contributed by atoms with Crippen molar-refractivity contribution in [2.24, 2.45) is 0 Å². The molecule has 0 bridgehead atoms. The van der Waals surface area contributed by atoms with Crippen molar-refractivity contribution in [2.75, 3.05) is 6.61 Å². The summed E-state index contributed by atoms with van der Waals surface area (Å²) in [6, 6.07) is 7.79. The van der Waals surface area contributed by atoms with Crippen LogP contribution in [0.3, 0.4) is 0 Å². The molecule has 20 heavy (non-hydrogen) atoms. The molecule has 1 N–H and O–H groups in total. The van der Waals surface area contributed by atoms with Gasteiger partial charge in [-0.05, 0) is 50.3 Å². The molecule has 1 aromatic rings. The van der Waals surface area contributed by atoms with Crippen molar-refractivity contribution in [2.45, 2.75) is 64.3 Å². The highest BCUT2D eigenvalue weighted by atomic mass is 16.5. The monoisotopic (exact) mass is 278 g/mol. The molecule has 0 amide bonds. The first-order chi connectivity index (χ1) is 9.65. The highest BCUT2D eigenvalue weighted by Crippen LogP contribution is 2.37. The van der Waals surface area contributed by atoms with E-state index >= 15 is 0 Å². The van der Waals surface area contributed by atoms with Gasteiger partial charge in [0.25, 0.3) is 0 Å². The summed E-state index contributed by atoms with van der Waals surface area (Å²) in [6.07, 6.45) is 3.59. The van der Waals surface area contributed by atoms with Crippen LogP contribution in [-0.4, -0.2) is 23.4 Å². The highest BCUT2D eigenvalue weighted by molar-refractivity contribution is 5.31. The van der Waals surface area contributed by atoms with Crippen LogP contribution in [0.25, 0.3) is 0 Å². The van der Waals surface area contributed by atoms with Crippen LogP contribution in [0.5, 0.6) is 5.75 Å². The maximum absolute atomic E-state index is 10.8. The van der Waals surface area contributed by atoms with Gasteiger partial charge >= 0.3 is 0 Å². The molecule has 0 saturated heterocycles. The van der Waals surface area contributed by atoms with Crippen LogP contribution < -0.4 is 4.74 Å². The van der Waals surface area contributed by atoms with Crippen LogP contribution >= 0.6 is 0 Å². The summed E-state index contributed by atoms with van der Waals surface area (Å²) in [7, 11) is 0. The predicted molar refractivity (Wildman–Crippen MR) is 80.0 cm³/mol. The van der Waals surface area contributed by atoms with Crippen LogP contribution in [0, 0.1) is 0 Å². The van der Waals surface area contributed by atoms with Crippen molar-refractivity contribution in [3.8, 4) is 5.75 Å². The number of hydrogen-bond acceptors (Lipinski definition) is 3. The summed E-state index contributed by atoms with van der Waals surface area (Å²) >= 11 is 0. The molecule has 0 aromatic heterocycles. The van der Waals surface area contributed by atoms with Crippen molar-refractivity contribution < 1.29 is 14.6 Å². The minimum atomic E-state index is -0.625. The maximum Gasteiger partial charge on any atom is 0.120 e. The van der Waals surface area contributed by atoms with Crippen LogP contribution in [0.1, 0.15) is 58.1 Å². The topological polar surface area (TPSA) is 38.7 Å². The molecule has 1 aliphatic carbocycles. The van der Waals surface area contributed by atoms with E-state index in [0.717, 1.165) is 37.0 Å². The Labute approximate surface area is 121 Å². The van der Waals surface area contributed by atoms with E-state index in [1.165, 1.54) is 0 Å². The van der Waals surface area contributed by atoms with Gasteiger partial charge in [0, 0.05) is 6.61 Å². The van der Waals surface area contributed by atoms with E-state index in [-0.39, 0.29) is 0 Å². The van der Waals surface area contributed by atoms with Gasteiger partial charge in [-0.2, -0.15) is 0 Å². The first kappa shape index (κ1) is 15.3. The van der Waals surface area contributed by atoms with Crippen LogP contribution in [0.2, 0.25) is 0 Å². The van der Waals surface area contributed by atoms with Crippen molar-refractivity contribution in [3.63, 3.8) is 0 Å². The molecule has 0 heterocycles. The third kappa shape index (κ3) is 3.33. The van der Waals surface area contributed by atoms with Crippen molar-refractivity contribution in [3.05, 3.63) is 29.8 Å². The average Bonchev–Trinajstić information content (AvgIpc) is 3.28. The normalized spacial score (nSPS) is 17.0. The standard InChI is InChI=1S/C17H26O3/c1-4-17(5-2,19-6-3)16(18)13-8-7-9-15(12-13)20-14-10-11-14/h7-9,12,14,16,18H,4-6,10-11H2,1-3H3. The lowest BCUT2D eigenvalue weighted by Crippen LogP contribution is -2.38. The zero-order valence-corrected chi connectivity index (χ0v) is 12.8. The molecular weight excluding hydrogens is 252 g/mol. The van der Waals surface area contributed by atoms with Crippen molar-refractivity contribution in [1.82, 2.24) is 0 Å². The minimum absolute atomic E-state index is 0.372. The molecule has 1 aromatic carbocycles. The van der Waals surface area contributed by atoms with Gasteiger partial charge in [0.2, 0.25) is 0 Å². The number of ether oxygens (including phenoxy) is 2. The van der Waals surface area contributed by atoms with Gasteiger partial charge < -0.3 is 14.6 Å². The SMILES string of the molecule is CCOC(CC)(CC)C(O)c1cccc(OC2CC2)c1. The first-order valence-electron chi connectivity index (χ1n) is 7.73. The quantitative estimate of drug-likeness (QED) is 0.785. The molecule has 1 aliphatic rings. The molecule has 1 unspecified atom stereocenters. The lowest BCUT2D eigenvalue weighted by atomic mass is 9.86. The summed E-state index contributed by atoms with van der Waals surface area (Å²) in [5.74, 6) is 0.849. The number of hydrogen-bond donors (Lipinski definition) is 1. The van der Waals surface area contributed by atoms with Gasteiger partial charge in [-0.1, -0.05) is 26.0 Å². The summed E-state index contributed by atoms with van der Waals surface area (Å²) in [6.45, 7) is 6.70. The van der Waals surface area contributed by atoms with E-state index in [9.17, 15) is 5.11 Å². The van der Waals surface area contributed by atoms with Gasteiger partial charge in [-0.15, -0.1) is 0 Å². The molecule has 2 rings (SSSR count). The molecule has 0 spiro atoms. The fraction of sp³-hybridized carbons (Fsp3) is 0.647. The Bertz CT molecular complexity index is 422. The molecule has 1 atom stereocenters. The number of aliphatic hydroxyl groups is 1. The highest BCUT2D eigenvalue weighted by Gasteiger charge is 2.36. The molecule has 1 saturated carbocycles. The lowest BCUT2D eigenvalue weighted by Gasteiger charge is -2.36. The van der Waals surface area contributed by atoms with E-state index in [2.05, 4.69) is 13.8 Å². The van der Waals surface area contributed by atoms with Crippen LogP contribution in [0.4, 0.5) is 0 Å². The zero-order chi connectivity index (χ0) is 14.6. The third-order valence-electron chi connectivity index (χ3n) is 4.13. The smallest absolute Gasteiger partial charge is 0.120 e. The summed E-state index contributed by atoms with van der Waals surface area (Å²) < 4.78 is 11.7. The summed E-state index contributed by atoms with van der Waals surface area (Å²) in [4.78, 5) is 0. The Morgan fingerprint density at radius 2 is 1.95 bits per heavy atom. The van der Waals surface area contributed by atoms with E-state index in [4.69, 9.17) is 9.47 Å². The van der Waals surface area contributed by atoms with E-state index < -0.39 is 11.7 Å². The Balaban J connectivity index is 2.18. The van der Waals surface area contributed by atoms with Crippen LogP contribution in [-0.2, 0) is 4.74 Å². The fourth-order valence-electron chi connectivity index (χ4n) is 2.65. The van der Waals surface area contributed by atoms with Gasteiger partial charge in [0.1, 0.15) is 11.9 Å². The van der Waals surface area contributed by atoms with Gasteiger partial charge in [0.15, 0.2) is 0 Å². The Hall–Kier alpha value is -1.06. The molecule has 1 fully saturated rings. The van der Waals surface area contributed by atoms with Gasteiger partial charge in [-0.25, -0.2) is 0 Å². The van der Waals surface area contributed by atoms with Crippen molar-refractivity contribution in [1.29, 1.82) is 0 Å². The second kappa shape index (κ2) is 6.59. The maximum atomic E-state index is 10.8. The van der Waals surface area contributed by atoms with E-state index in [0.29, 0.717) is 12.7 Å². The minimum Gasteiger partial charge on any atom is -0.490 e. The molecule has 3 nitrogen and oxygen atoms in total. The molecule has 0 aliphatic heterocycles. The number of benzene rings is 1. The predicted octanol–water partition coefficient (Wildman–Crippen LogP) is 3.86. The largest absolute Gasteiger partial charge is 0.490 e. The second-order valence-electron chi connectivity index (χ2n) is 5.50. The first-order valence-corrected chi connectivity index (χ1v) is 7.73. The zero-order valence-electron chi connectivity index (χ0n) is 12.8. The number of rotatable bonds is 8. The molecule has 0 radical (unpaired) electrons. The fourth-order valence-corrected chi connectivity index (χ4v) is 2.65. The number of aliphatic hydroxyl groups excluding tert-OH is 1. The summed E-state index contributed by atoms with van der Waals surface area (Å²) in [5, 5.41) is 10.8. The van der Waals surface area contributed by atoms with Gasteiger partial charge in [-0.3, -0.25) is 0 Å². The van der Waals surface area contributed by atoms with Crippen LogP contribution in [0.15, 0.2) is 24.3 Å². The second-order valence-corrected chi connectivity index (χ2v) is 5.50. The Morgan fingerprint density at radius 1 is 1.25 bits per heavy atom. The average molecular weight is 278 g/mol. The Morgan fingerprint density at radius 3 is 2.50 bits per heavy atom. The van der Waals surface area contributed by atoms with Crippen molar-refractivity contribution >= 4 is 0 Å².